The highest BCUT2D eigenvalue weighted by atomic mass is 16.7. The lowest BCUT2D eigenvalue weighted by Crippen LogP contribution is -2.25. The van der Waals surface area contributed by atoms with E-state index >= 15 is 0 Å². The second kappa shape index (κ2) is 5.58. The van der Waals surface area contributed by atoms with Gasteiger partial charge in [0.05, 0.1) is 7.11 Å². The van der Waals surface area contributed by atoms with E-state index in [0.29, 0.717) is 11.5 Å². The molecule has 0 aliphatic rings. The smallest absolute Gasteiger partial charge is 0.496 e. The van der Waals surface area contributed by atoms with Crippen LogP contribution in [0.25, 0.3) is 6.08 Å². The zero-order valence-corrected chi connectivity index (χ0v) is 11.1. The van der Waals surface area contributed by atoms with E-state index in [4.69, 9.17) is 14.2 Å². The number of carbonyl (C=O) groups is 1. The van der Waals surface area contributed by atoms with Gasteiger partial charge in [0.25, 0.3) is 0 Å². The van der Waals surface area contributed by atoms with Crippen LogP contribution in [0.1, 0.15) is 26.3 Å². The number of ether oxygens (including phenoxy) is 3. The number of rotatable bonds is 3. The van der Waals surface area contributed by atoms with Crippen LogP contribution in [0.15, 0.2) is 24.8 Å². The Morgan fingerprint density at radius 1 is 1.33 bits per heavy atom. The van der Waals surface area contributed by atoms with Crippen molar-refractivity contribution in [1.82, 2.24) is 0 Å². The molecule has 98 valence electrons. The van der Waals surface area contributed by atoms with Crippen LogP contribution in [-0.4, -0.2) is 18.9 Å². The molecule has 0 unspecified atom stereocenters. The molecule has 0 aromatic heterocycles. The van der Waals surface area contributed by atoms with E-state index in [2.05, 4.69) is 6.58 Å². The normalized spacial score (nSPS) is 10.7. The predicted octanol–water partition coefficient (Wildman–Crippen LogP) is 3.65. The molecule has 0 N–H and O–H groups in total. The molecule has 0 saturated carbocycles. The van der Waals surface area contributed by atoms with Gasteiger partial charge in [0.2, 0.25) is 0 Å². The number of hydrogen-bond acceptors (Lipinski definition) is 4. The first-order chi connectivity index (χ1) is 8.35. The molecule has 4 heteroatoms. The molecule has 0 aliphatic carbocycles. The van der Waals surface area contributed by atoms with E-state index < -0.39 is 11.8 Å². The third kappa shape index (κ3) is 4.13. The Morgan fingerprint density at radius 3 is 2.50 bits per heavy atom. The Bertz CT molecular complexity index is 444. The summed E-state index contributed by atoms with van der Waals surface area (Å²) in [4.78, 5) is 11.5. The molecule has 1 aromatic rings. The fourth-order valence-electron chi connectivity index (χ4n) is 1.29. The number of benzene rings is 1. The standard InChI is InChI=1S/C14H18O4/c1-6-10-7-8-11(9-12(10)16-5)17-13(15)18-14(2,3)4/h6-9H,1H2,2-5H3. The lowest BCUT2D eigenvalue weighted by Gasteiger charge is -2.18. The molecule has 0 heterocycles. The van der Waals surface area contributed by atoms with Gasteiger partial charge in [-0.2, -0.15) is 0 Å². The third-order valence-electron chi connectivity index (χ3n) is 2.02. The fraction of sp³-hybridized carbons (Fsp3) is 0.357. The molecular weight excluding hydrogens is 232 g/mol. The Labute approximate surface area is 107 Å². The molecule has 0 amide bonds. The minimum atomic E-state index is -0.740. The van der Waals surface area contributed by atoms with E-state index in [-0.39, 0.29) is 0 Å². The summed E-state index contributed by atoms with van der Waals surface area (Å²) in [7, 11) is 1.54. The van der Waals surface area contributed by atoms with Gasteiger partial charge in [-0.05, 0) is 32.9 Å². The molecule has 0 bridgehead atoms. The second-order valence-corrected chi connectivity index (χ2v) is 4.67. The summed E-state index contributed by atoms with van der Waals surface area (Å²) in [5.41, 5.74) is 0.247. The van der Waals surface area contributed by atoms with Crippen molar-refractivity contribution in [1.29, 1.82) is 0 Å². The van der Waals surface area contributed by atoms with Gasteiger partial charge in [-0.25, -0.2) is 4.79 Å². The van der Waals surface area contributed by atoms with Crippen LogP contribution in [0.2, 0.25) is 0 Å². The van der Waals surface area contributed by atoms with E-state index in [1.54, 1.807) is 52.2 Å². The predicted molar refractivity (Wildman–Crippen MR) is 69.9 cm³/mol. The van der Waals surface area contributed by atoms with Crippen LogP contribution in [0.5, 0.6) is 11.5 Å². The highest BCUT2D eigenvalue weighted by Gasteiger charge is 2.18. The van der Waals surface area contributed by atoms with Crippen molar-refractivity contribution in [3.63, 3.8) is 0 Å². The molecule has 0 atom stereocenters. The summed E-state index contributed by atoms with van der Waals surface area (Å²) >= 11 is 0. The van der Waals surface area contributed by atoms with Gasteiger partial charge >= 0.3 is 6.16 Å². The second-order valence-electron chi connectivity index (χ2n) is 4.67. The van der Waals surface area contributed by atoms with Gasteiger partial charge in [-0.3, -0.25) is 0 Å². The van der Waals surface area contributed by atoms with Crippen molar-refractivity contribution < 1.29 is 19.0 Å². The SMILES string of the molecule is C=Cc1ccc(OC(=O)OC(C)(C)C)cc1OC. The van der Waals surface area contributed by atoms with Crippen LogP contribution in [-0.2, 0) is 4.74 Å². The maximum atomic E-state index is 11.5. The van der Waals surface area contributed by atoms with Crippen LogP contribution < -0.4 is 9.47 Å². The number of hydrogen-bond donors (Lipinski definition) is 0. The van der Waals surface area contributed by atoms with E-state index in [1.165, 1.54) is 0 Å². The highest BCUT2D eigenvalue weighted by molar-refractivity contribution is 5.66. The minimum Gasteiger partial charge on any atom is -0.496 e. The molecule has 18 heavy (non-hydrogen) atoms. The van der Waals surface area contributed by atoms with Crippen molar-refractivity contribution in [3.05, 3.63) is 30.3 Å². The first-order valence-electron chi connectivity index (χ1n) is 5.57. The molecule has 0 saturated heterocycles. The fourth-order valence-corrected chi connectivity index (χ4v) is 1.29. The molecule has 1 rings (SSSR count). The maximum Gasteiger partial charge on any atom is 0.514 e. The quantitative estimate of drug-likeness (QED) is 0.606. The van der Waals surface area contributed by atoms with Crippen molar-refractivity contribution in [2.45, 2.75) is 26.4 Å². The van der Waals surface area contributed by atoms with Gasteiger partial charge < -0.3 is 14.2 Å². The topological polar surface area (TPSA) is 44.8 Å². The zero-order valence-electron chi connectivity index (χ0n) is 11.1. The van der Waals surface area contributed by atoms with E-state index in [1.807, 2.05) is 0 Å². The summed E-state index contributed by atoms with van der Waals surface area (Å²) in [5, 5.41) is 0. The van der Waals surface area contributed by atoms with Crippen molar-refractivity contribution in [2.24, 2.45) is 0 Å². The van der Waals surface area contributed by atoms with Gasteiger partial charge in [-0.1, -0.05) is 12.7 Å². The summed E-state index contributed by atoms with van der Waals surface area (Å²) in [6, 6.07) is 5.02. The van der Waals surface area contributed by atoms with Crippen LogP contribution >= 0.6 is 0 Å². The Balaban J connectivity index is 2.80. The maximum absolute atomic E-state index is 11.5. The van der Waals surface area contributed by atoms with Gasteiger partial charge in [0, 0.05) is 11.6 Å². The van der Waals surface area contributed by atoms with Crippen molar-refractivity contribution in [3.8, 4) is 11.5 Å². The average Bonchev–Trinajstić information content (AvgIpc) is 2.26. The molecule has 0 aliphatic heterocycles. The van der Waals surface area contributed by atoms with Gasteiger partial charge in [0.1, 0.15) is 17.1 Å². The largest absolute Gasteiger partial charge is 0.514 e. The summed E-state index contributed by atoms with van der Waals surface area (Å²) in [6.45, 7) is 8.99. The monoisotopic (exact) mass is 250 g/mol. The van der Waals surface area contributed by atoms with Gasteiger partial charge in [-0.15, -0.1) is 0 Å². The summed E-state index contributed by atoms with van der Waals surface area (Å²) in [5.74, 6) is 0.956. The Kier molecular flexibility index (Phi) is 4.37. The number of methoxy groups -OCH3 is 1. The number of carbonyl (C=O) groups excluding carboxylic acids is 1. The summed E-state index contributed by atoms with van der Waals surface area (Å²) < 4.78 is 15.3. The molecule has 0 spiro atoms. The lowest BCUT2D eigenvalue weighted by atomic mass is 10.2. The lowest BCUT2D eigenvalue weighted by molar-refractivity contribution is 0.0206. The van der Waals surface area contributed by atoms with Crippen LogP contribution in [0.3, 0.4) is 0 Å². The van der Waals surface area contributed by atoms with E-state index in [9.17, 15) is 4.79 Å². The van der Waals surface area contributed by atoms with Crippen LogP contribution in [0.4, 0.5) is 4.79 Å². The molecule has 0 radical (unpaired) electrons. The molecular formula is C14H18O4. The van der Waals surface area contributed by atoms with Crippen molar-refractivity contribution >= 4 is 12.2 Å². The minimum absolute atomic E-state index is 0.367. The van der Waals surface area contributed by atoms with E-state index in [0.717, 1.165) is 5.56 Å². The molecule has 0 fully saturated rings. The highest BCUT2D eigenvalue weighted by Crippen LogP contribution is 2.26. The third-order valence-corrected chi connectivity index (χ3v) is 2.02. The van der Waals surface area contributed by atoms with Gasteiger partial charge in [0.15, 0.2) is 0 Å². The summed E-state index contributed by atoms with van der Waals surface area (Å²) in [6.07, 6.45) is 0.923. The van der Waals surface area contributed by atoms with Crippen LogP contribution in [0, 0.1) is 0 Å². The molecule has 1 aromatic carbocycles. The Morgan fingerprint density at radius 2 is 2.00 bits per heavy atom. The molecule has 4 nitrogen and oxygen atoms in total. The Hall–Kier alpha value is -1.97. The first kappa shape index (κ1) is 14.1. The van der Waals surface area contributed by atoms with Crippen molar-refractivity contribution in [2.75, 3.05) is 7.11 Å². The average molecular weight is 250 g/mol. The zero-order chi connectivity index (χ0) is 13.8. The first-order valence-corrected chi connectivity index (χ1v) is 5.57.